The van der Waals surface area contributed by atoms with Crippen LogP contribution in [0, 0.1) is 6.92 Å². The Morgan fingerprint density at radius 2 is 2.09 bits per heavy atom. The van der Waals surface area contributed by atoms with Gasteiger partial charge in [0.25, 0.3) is 5.91 Å². The van der Waals surface area contributed by atoms with Gasteiger partial charge < -0.3 is 9.73 Å². The van der Waals surface area contributed by atoms with Gasteiger partial charge in [-0.15, -0.1) is 0 Å². The van der Waals surface area contributed by atoms with Crippen molar-refractivity contribution in [3.63, 3.8) is 0 Å². The zero-order valence-corrected chi connectivity index (χ0v) is 19.5. The van der Waals surface area contributed by atoms with E-state index in [4.69, 9.17) is 9.40 Å². The molecule has 4 heterocycles. The number of aryl methyl sites for hydroxylation is 1. The molecule has 32 heavy (non-hydrogen) atoms. The number of pyridine rings is 1. The number of nitrogens with one attached hydrogen (secondary N) is 1. The van der Waals surface area contributed by atoms with Gasteiger partial charge in [0, 0.05) is 10.2 Å². The number of amides is 1. The molecule has 1 aliphatic heterocycles. The standard InChI is InChI=1S/C22H19BrN4O4S/c1-13-20-17(22(28)24-15-5-2-4-14(23)10-15)11-18(19-6-3-8-31-19)25-21(20)27(26-13)16-7-9-32(29,30)12-16/h2-6,8,10-11,16H,7,9,12H2,1H3,(H,24,28). The van der Waals surface area contributed by atoms with E-state index in [-0.39, 0.29) is 23.5 Å². The van der Waals surface area contributed by atoms with Crippen molar-refractivity contribution in [2.45, 2.75) is 19.4 Å². The Morgan fingerprint density at radius 1 is 1.25 bits per heavy atom. The van der Waals surface area contributed by atoms with Crippen LogP contribution in [-0.2, 0) is 9.84 Å². The number of benzene rings is 1. The van der Waals surface area contributed by atoms with E-state index in [1.165, 1.54) is 6.26 Å². The van der Waals surface area contributed by atoms with Gasteiger partial charge in [-0.05, 0) is 49.7 Å². The summed E-state index contributed by atoms with van der Waals surface area (Å²) in [6, 6.07) is 12.2. The number of sulfone groups is 1. The summed E-state index contributed by atoms with van der Waals surface area (Å²) >= 11 is 3.41. The van der Waals surface area contributed by atoms with Crippen molar-refractivity contribution < 1.29 is 17.6 Å². The molecule has 8 nitrogen and oxygen atoms in total. The quantitative estimate of drug-likeness (QED) is 0.433. The molecule has 1 aromatic carbocycles. The zero-order valence-electron chi connectivity index (χ0n) is 17.1. The molecular weight excluding hydrogens is 496 g/mol. The minimum Gasteiger partial charge on any atom is -0.463 e. The lowest BCUT2D eigenvalue weighted by Gasteiger charge is -2.12. The first-order valence-corrected chi connectivity index (χ1v) is 12.6. The van der Waals surface area contributed by atoms with Crippen molar-refractivity contribution >= 4 is 48.4 Å². The average molecular weight is 515 g/mol. The number of nitrogens with zero attached hydrogens (tertiary/aromatic N) is 3. The predicted molar refractivity (Wildman–Crippen MR) is 124 cm³/mol. The number of hydrogen-bond donors (Lipinski definition) is 1. The van der Waals surface area contributed by atoms with Crippen molar-refractivity contribution in [3.8, 4) is 11.5 Å². The van der Waals surface area contributed by atoms with Gasteiger partial charge >= 0.3 is 0 Å². The SMILES string of the molecule is Cc1nn(C2CCS(=O)(=O)C2)c2nc(-c3ccco3)cc(C(=O)Nc3cccc(Br)c3)c12. The molecule has 5 rings (SSSR count). The zero-order chi connectivity index (χ0) is 22.5. The fraction of sp³-hybridized carbons (Fsp3) is 0.227. The Bertz CT molecular complexity index is 1440. The first kappa shape index (κ1) is 20.9. The van der Waals surface area contributed by atoms with E-state index in [9.17, 15) is 13.2 Å². The minimum absolute atomic E-state index is 0.00938. The van der Waals surface area contributed by atoms with E-state index in [1.54, 1.807) is 35.9 Å². The van der Waals surface area contributed by atoms with E-state index in [0.717, 1.165) is 4.47 Å². The molecule has 1 amide bonds. The molecule has 3 aromatic heterocycles. The maximum absolute atomic E-state index is 13.3. The highest BCUT2D eigenvalue weighted by Crippen LogP contribution is 2.32. The molecule has 1 fully saturated rings. The fourth-order valence-corrected chi connectivity index (χ4v) is 6.12. The third-order valence-corrected chi connectivity index (χ3v) is 7.74. The van der Waals surface area contributed by atoms with Crippen LogP contribution < -0.4 is 5.32 Å². The van der Waals surface area contributed by atoms with Crippen molar-refractivity contribution in [3.05, 3.63) is 64.5 Å². The van der Waals surface area contributed by atoms with Crippen LogP contribution in [0.25, 0.3) is 22.5 Å². The summed E-state index contributed by atoms with van der Waals surface area (Å²) in [6.45, 7) is 1.80. The van der Waals surface area contributed by atoms with Gasteiger partial charge in [0.1, 0.15) is 5.69 Å². The van der Waals surface area contributed by atoms with Gasteiger partial charge in [-0.2, -0.15) is 5.10 Å². The number of halogens is 1. The fourth-order valence-electron chi connectivity index (χ4n) is 4.03. The van der Waals surface area contributed by atoms with Crippen LogP contribution in [0.5, 0.6) is 0 Å². The minimum atomic E-state index is -3.12. The largest absolute Gasteiger partial charge is 0.463 e. The second-order valence-electron chi connectivity index (χ2n) is 7.78. The molecule has 0 saturated carbocycles. The van der Waals surface area contributed by atoms with Gasteiger partial charge in [0.05, 0.1) is 40.5 Å². The summed E-state index contributed by atoms with van der Waals surface area (Å²) in [5.74, 6) is 0.319. The van der Waals surface area contributed by atoms with Crippen molar-refractivity contribution in [2.75, 3.05) is 16.8 Å². The molecule has 1 aliphatic rings. The number of furan rings is 1. The first-order chi connectivity index (χ1) is 15.3. The second kappa shape index (κ2) is 7.86. The summed E-state index contributed by atoms with van der Waals surface area (Å²) in [5, 5.41) is 8.11. The molecule has 0 radical (unpaired) electrons. The van der Waals surface area contributed by atoms with E-state index in [2.05, 4.69) is 26.3 Å². The van der Waals surface area contributed by atoms with E-state index in [0.29, 0.717) is 45.9 Å². The lowest BCUT2D eigenvalue weighted by molar-refractivity contribution is 0.102. The lowest BCUT2D eigenvalue weighted by Crippen LogP contribution is -2.15. The third kappa shape index (κ3) is 3.84. The van der Waals surface area contributed by atoms with Gasteiger partial charge in [-0.25, -0.2) is 18.1 Å². The molecule has 4 aromatic rings. The summed E-state index contributed by atoms with van der Waals surface area (Å²) in [7, 11) is -3.12. The van der Waals surface area contributed by atoms with Crippen LogP contribution in [0.15, 0.2) is 57.6 Å². The summed E-state index contributed by atoms with van der Waals surface area (Å²) < 4.78 is 32.2. The highest BCUT2D eigenvalue weighted by molar-refractivity contribution is 9.10. The van der Waals surface area contributed by atoms with Crippen LogP contribution in [0.3, 0.4) is 0 Å². The third-order valence-electron chi connectivity index (χ3n) is 5.49. The Morgan fingerprint density at radius 3 is 2.78 bits per heavy atom. The number of fused-ring (bicyclic) bond motifs is 1. The Balaban J connectivity index is 1.67. The number of carbonyl (C=O) groups is 1. The molecule has 1 saturated heterocycles. The Kier molecular flexibility index (Phi) is 5.13. The highest BCUT2D eigenvalue weighted by Gasteiger charge is 2.32. The smallest absolute Gasteiger partial charge is 0.256 e. The van der Waals surface area contributed by atoms with E-state index < -0.39 is 9.84 Å². The normalized spacial score (nSPS) is 17.6. The van der Waals surface area contributed by atoms with Gasteiger partial charge in [0.15, 0.2) is 21.2 Å². The molecule has 164 valence electrons. The molecule has 1 atom stereocenters. The maximum atomic E-state index is 13.3. The average Bonchev–Trinajstić information content (AvgIpc) is 3.47. The maximum Gasteiger partial charge on any atom is 0.256 e. The summed E-state index contributed by atoms with van der Waals surface area (Å²) in [5.41, 5.74) is 2.59. The summed E-state index contributed by atoms with van der Waals surface area (Å²) in [6.07, 6.45) is 2.00. The lowest BCUT2D eigenvalue weighted by atomic mass is 10.1. The topological polar surface area (TPSA) is 107 Å². The highest BCUT2D eigenvalue weighted by atomic mass is 79.9. The van der Waals surface area contributed by atoms with Crippen LogP contribution in [-0.4, -0.2) is 40.6 Å². The molecule has 0 spiro atoms. The molecule has 1 unspecified atom stereocenters. The molecule has 0 bridgehead atoms. The molecule has 10 heteroatoms. The van der Waals surface area contributed by atoms with Gasteiger partial charge in [-0.1, -0.05) is 22.0 Å². The van der Waals surface area contributed by atoms with E-state index in [1.807, 2.05) is 18.2 Å². The van der Waals surface area contributed by atoms with Crippen molar-refractivity contribution in [2.24, 2.45) is 0 Å². The van der Waals surface area contributed by atoms with Crippen molar-refractivity contribution in [1.82, 2.24) is 14.8 Å². The molecule has 1 N–H and O–H groups in total. The Labute approximate surface area is 192 Å². The van der Waals surface area contributed by atoms with Crippen molar-refractivity contribution in [1.29, 1.82) is 0 Å². The number of anilines is 1. The Hall–Kier alpha value is -2.98. The second-order valence-corrected chi connectivity index (χ2v) is 10.9. The monoisotopic (exact) mass is 514 g/mol. The van der Waals surface area contributed by atoms with Crippen LogP contribution >= 0.6 is 15.9 Å². The summed E-state index contributed by atoms with van der Waals surface area (Å²) in [4.78, 5) is 18.0. The predicted octanol–water partition coefficient (Wildman–Crippen LogP) is 4.37. The number of aromatic nitrogens is 3. The first-order valence-electron chi connectivity index (χ1n) is 10.0. The van der Waals surface area contributed by atoms with Crippen LogP contribution in [0.1, 0.15) is 28.5 Å². The number of carbonyl (C=O) groups excluding carboxylic acids is 1. The molecular formula is C22H19BrN4O4S. The number of hydrogen-bond acceptors (Lipinski definition) is 6. The molecule has 0 aliphatic carbocycles. The number of rotatable bonds is 4. The van der Waals surface area contributed by atoms with Gasteiger partial charge in [-0.3, -0.25) is 4.79 Å². The van der Waals surface area contributed by atoms with Gasteiger partial charge in [0.2, 0.25) is 0 Å². The van der Waals surface area contributed by atoms with Crippen LogP contribution in [0.4, 0.5) is 5.69 Å². The van der Waals surface area contributed by atoms with E-state index >= 15 is 0 Å². The van der Waals surface area contributed by atoms with Crippen LogP contribution in [0.2, 0.25) is 0 Å².